The number of aromatic nitrogens is 2. The number of ether oxygens (including phenoxy) is 1. The molecular formula is C16H22BrN3O. The maximum atomic E-state index is 6.38. The van der Waals surface area contributed by atoms with Crippen LogP contribution in [0, 0.1) is 0 Å². The highest BCUT2D eigenvalue weighted by atomic mass is 79.9. The normalized spacial score (nSPS) is 12.4. The van der Waals surface area contributed by atoms with Gasteiger partial charge < -0.3 is 10.5 Å². The lowest BCUT2D eigenvalue weighted by atomic mass is 10.0. The summed E-state index contributed by atoms with van der Waals surface area (Å²) < 4.78 is 8.21. The van der Waals surface area contributed by atoms with E-state index in [1.807, 2.05) is 10.7 Å². The van der Waals surface area contributed by atoms with Crippen LogP contribution in [-0.4, -0.2) is 16.9 Å². The molecule has 2 N–H and O–H groups in total. The van der Waals surface area contributed by atoms with Crippen molar-refractivity contribution in [3.05, 3.63) is 45.7 Å². The predicted molar refractivity (Wildman–Crippen MR) is 88.6 cm³/mol. The molecule has 5 heteroatoms. The third kappa shape index (κ3) is 3.66. The number of aryl methyl sites for hydroxylation is 2. The summed E-state index contributed by atoms with van der Waals surface area (Å²) in [5.74, 6) is 0.833. The lowest BCUT2D eigenvalue weighted by molar-refractivity contribution is 0.412. The number of hydrogen-bond donors (Lipinski definition) is 1. The SMILES string of the molecule is CCc1cc(C(N)Cc2ccc(OC)c(Br)c2)n(CC)n1. The van der Waals surface area contributed by atoms with Crippen LogP contribution in [0.5, 0.6) is 5.75 Å². The molecule has 0 aliphatic heterocycles. The molecule has 1 aromatic carbocycles. The topological polar surface area (TPSA) is 53.1 Å². The van der Waals surface area contributed by atoms with Gasteiger partial charge in [-0.1, -0.05) is 13.0 Å². The molecule has 1 heterocycles. The lowest BCUT2D eigenvalue weighted by Crippen LogP contribution is -2.18. The molecule has 0 fully saturated rings. The number of benzene rings is 1. The Morgan fingerprint density at radius 3 is 2.67 bits per heavy atom. The second-order valence-corrected chi connectivity index (χ2v) is 5.86. The molecule has 0 radical (unpaired) electrons. The van der Waals surface area contributed by atoms with Gasteiger partial charge in [-0.3, -0.25) is 4.68 Å². The highest BCUT2D eigenvalue weighted by Crippen LogP contribution is 2.27. The lowest BCUT2D eigenvalue weighted by Gasteiger charge is -2.14. The Bertz CT molecular complexity index is 610. The summed E-state index contributed by atoms with van der Waals surface area (Å²) in [6.07, 6.45) is 1.71. The smallest absolute Gasteiger partial charge is 0.133 e. The van der Waals surface area contributed by atoms with Gasteiger partial charge in [-0.05, 0) is 59.5 Å². The highest BCUT2D eigenvalue weighted by Gasteiger charge is 2.15. The second kappa shape index (κ2) is 7.09. The molecule has 2 aromatic rings. The van der Waals surface area contributed by atoms with Gasteiger partial charge >= 0.3 is 0 Å². The Kier molecular flexibility index (Phi) is 5.42. The fraction of sp³-hybridized carbons (Fsp3) is 0.438. The standard InChI is InChI=1S/C16H22BrN3O/c1-4-12-10-15(20(5-2)19-12)14(18)9-11-6-7-16(21-3)13(17)8-11/h6-8,10,14H,4-5,9,18H2,1-3H3. The van der Waals surface area contributed by atoms with Crippen molar-refractivity contribution < 1.29 is 4.74 Å². The molecule has 1 unspecified atom stereocenters. The molecule has 2 rings (SSSR count). The van der Waals surface area contributed by atoms with Crippen molar-refractivity contribution in [3.8, 4) is 5.75 Å². The molecule has 0 saturated heterocycles. The van der Waals surface area contributed by atoms with Crippen LogP contribution in [0.2, 0.25) is 0 Å². The molecule has 1 atom stereocenters. The van der Waals surface area contributed by atoms with Gasteiger partial charge in [0, 0.05) is 6.54 Å². The van der Waals surface area contributed by atoms with E-state index < -0.39 is 0 Å². The van der Waals surface area contributed by atoms with Gasteiger partial charge in [0.1, 0.15) is 5.75 Å². The van der Waals surface area contributed by atoms with E-state index in [1.165, 1.54) is 5.56 Å². The van der Waals surface area contributed by atoms with E-state index in [0.717, 1.165) is 41.0 Å². The molecule has 0 bridgehead atoms. The van der Waals surface area contributed by atoms with E-state index in [1.54, 1.807) is 7.11 Å². The Balaban J connectivity index is 2.19. The van der Waals surface area contributed by atoms with Gasteiger partial charge in [0.25, 0.3) is 0 Å². The highest BCUT2D eigenvalue weighted by molar-refractivity contribution is 9.10. The molecular weight excluding hydrogens is 330 g/mol. The van der Waals surface area contributed by atoms with Crippen molar-refractivity contribution in [2.75, 3.05) is 7.11 Å². The van der Waals surface area contributed by atoms with E-state index in [2.05, 4.69) is 53.1 Å². The van der Waals surface area contributed by atoms with Crippen LogP contribution in [0.3, 0.4) is 0 Å². The quantitative estimate of drug-likeness (QED) is 0.866. The van der Waals surface area contributed by atoms with Gasteiger partial charge in [-0.15, -0.1) is 0 Å². The number of methoxy groups -OCH3 is 1. The zero-order valence-corrected chi connectivity index (χ0v) is 14.4. The minimum Gasteiger partial charge on any atom is -0.496 e. The van der Waals surface area contributed by atoms with E-state index in [0.29, 0.717) is 0 Å². The van der Waals surface area contributed by atoms with Crippen LogP contribution in [-0.2, 0) is 19.4 Å². The molecule has 0 spiro atoms. The summed E-state index contributed by atoms with van der Waals surface area (Å²) in [6.45, 7) is 5.04. The van der Waals surface area contributed by atoms with Crippen molar-refractivity contribution in [3.63, 3.8) is 0 Å². The summed E-state index contributed by atoms with van der Waals surface area (Å²) in [6, 6.07) is 8.13. The predicted octanol–water partition coefficient (Wildman–Crippen LogP) is 3.48. The third-order valence-electron chi connectivity index (χ3n) is 3.58. The minimum atomic E-state index is -0.0574. The largest absolute Gasteiger partial charge is 0.496 e. The minimum absolute atomic E-state index is 0.0574. The van der Waals surface area contributed by atoms with Crippen molar-refractivity contribution in [1.82, 2.24) is 9.78 Å². The van der Waals surface area contributed by atoms with Gasteiger partial charge in [-0.25, -0.2) is 0 Å². The Hall–Kier alpha value is -1.33. The molecule has 0 saturated carbocycles. The van der Waals surface area contributed by atoms with Crippen LogP contribution in [0.1, 0.15) is 36.8 Å². The number of hydrogen-bond acceptors (Lipinski definition) is 3. The first-order valence-corrected chi connectivity index (χ1v) is 8.02. The molecule has 21 heavy (non-hydrogen) atoms. The average molecular weight is 352 g/mol. The maximum Gasteiger partial charge on any atom is 0.133 e. The van der Waals surface area contributed by atoms with Crippen molar-refractivity contribution in [1.29, 1.82) is 0 Å². The van der Waals surface area contributed by atoms with Crippen LogP contribution in [0.4, 0.5) is 0 Å². The van der Waals surface area contributed by atoms with Crippen molar-refractivity contribution in [2.45, 2.75) is 39.3 Å². The molecule has 0 amide bonds. The van der Waals surface area contributed by atoms with Crippen molar-refractivity contribution >= 4 is 15.9 Å². The molecule has 114 valence electrons. The van der Waals surface area contributed by atoms with Crippen LogP contribution >= 0.6 is 15.9 Å². The zero-order chi connectivity index (χ0) is 15.4. The van der Waals surface area contributed by atoms with Crippen molar-refractivity contribution in [2.24, 2.45) is 5.73 Å². The summed E-state index contributed by atoms with van der Waals surface area (Å²) >= 11 is 3.51. The number of rotatable bonds is 6. The Morgan fingerprint density at radius 2 is 2.10 bits per heavy atom. The maximum absolute atomic E-state index is 6.38. The van der Waals surface area contributed by atoms with Gasteiger partial charge in [0.05, 0.1) is 29.0 Å². The number of nitrogens with two attached hydrogens (primary N) is 1. The van der Waals surface area contributed by atoms with Gasteiger partial charge in [0.2, 0.25) is 0 Å². The average Bonchev–Trinajstić information content (AvgIpc) is 2.91. The first-order valence-electron chi connectivity index (χ1n) is 7.23. The van der Waals surface area contributed by atoms with E-state index >= 15 is 0 Å². The first kappa shape index (κ1) is 16.0. The number of halogens is 1. The van der Waals surface area contributed by atoms with Crippen LogP contribution < -0.4 is 10.5 Å². The molecule has 0 aliphatic rings. The molecule has 0 aliphatic carbocycles. The first-order chi connectivity index (χ1) is 10.1. The van der Waals surface area contributed by atoms with Gasteiger partial charge in [0.15, 0.2) is 0 Å². The monoisotopic (exact) mass is 351 g/mol. The van der Waals surface area contributed by atoms with Gasteiger partial charge in [-0.2, -0.15) is 5.10 Å². The van der Waals surface area contributed by atoms with E-state index in [4.69, 9.17) is 10.5 Å². The fourth-order valence-electron chi connectivity index (χ4n) is 2.41. The van der Waals surface area contributed by atoms with E-state index in [-0.39, 0.29) is 6.04 Å². The van der Waals surface area contributed by atoms with E-state index in [9.17, 15) is 0 Å². The summed E-state index contributed by atoms with van der Waals surface area (Å²) in [5, 5.41) is 4.56. The zero-order valence-electron chi connectivity index (χ0n) is 12.8. The fourth-order valence-corrected chi connectivity index (χ4v) is 2.99. The Labute approximate surface area is 134 Å². The second-order valence-electron chi connectivity index (χ2n) is 5.01. The number of nitrogens with zero attached hydrogens (tertiary/aromatic N) is 2. The third-order valence-corrected chi connectivity index (χ3v) is 4.19. The van der Waals surface area contributed by atoms with Crippen LogP contribution in [0.25, 0.3) is 0 Å². The molecule has 1 aromatic heterocycles. The Morgan fingerprint density at radius 1 is 1.33 bits per heavy atom. The molecule has 4 nitrogen and oxygen atoms in total. The summed E-state index contributed by atoms with van der Waals surface area (Å²) in [4.78, 5) is 0. The summed E-state index contributed by atoms with van der Waals surface area (Å²) in [7, 11) is 1.66. The summed E-state index contributed by atoms with van der Waals surface area (Å²) in [5.41, 5.74) is 9.76. The van der Waals surface area contributed by atoms with Crippen LogP contribution in [0.15, 0.2) is 28.7 Å².